The molecule has 1 heterocycles. The molecule has 0 bridgehead atoms. The van der Waals surface area contributed by atoms with Crippen molar-refractivity contribution in [1.29, 1.82) is 0 Å². The SMILES string of the molecule is Cc1ccc(S)c(-c2ccc3ccc(Cl)nc3c2N)c1. The van der Waals surface area contributed by atoms with E-state index in [0.717, 1.165) is 32.5 Å². The number of aryl methyl sites for hydroxylation is 1. The average Bonchev–Trinajstić information content (AvgIpc) is 2.43. The Kier molecular flexibility index (Phi) is 3.32. The Morgan fingerprint density at radius 1 is 1.05 bits per heavy atom. The van der Waals surface area contributed by atoms with Crippen molar-refractivity contribution in [2.75, 3.05) is 5.73 Å². The average molecular weight is 301 g/mol. The van der Waals surface area contributed by atoms with Gasteiger partial charge >= 0.3 is 0 Å². The van der Waals surface area contributed by atoms with Crippen molar-refractivity contribution in [1.82, 2.24) is 4.98 Å². The van der Waals surface area contributed by atoms with Gasteiger partial charge in [-0.2, -0.15) is 0 Å². The molecular weight excluding hydrogens is 288 g/mol. The largest absolute Gasteiger partial charge is 0.396 e. The van der Waals surface area contributed by atoms with Gasteiger partial charge in [-0.15, -0.1) is 12.6 Å². The summed E-state index contributed by atoms with van der Waals surface area (Å²) in [5, 5.41) is 1.42. The van der Waals surface area contributed by atoms with Crippen LogP contribution in [0.1, 0.15) is 5.56 Å². The molecule has 0 unspecified atom stereocenters. The number of thiol groups is 1. The minimum atomic E-state index is 0.441. The van der Waals surface area contributed by atoms with E-state index in [2.05, 4.69) is 23.7 Å². The molecule has 0 aliphatic heterocycles. The highest BCUT2D eigenvalue weighted by Crippen LogP contribution is 2.35. The summed E-state index contributed by atoms with van der Waals surface area (Å²) in [6, 6.07) is 13.8. The summed E-state index contributed by atoms with van der Waals surface area (Å²) in [4.78, 5) is 5.22. The fourth-order valence-corrected chi connectivity index (χ4v) is 2.69. The molecule has 0 amide bonds. The molecule has 2 N–H and O–H groups in total. The Bertz CT molecular complexity index is 815. The van der Waals surface area contributed by atoms with Crippen LogP contribution in [-0.4, -0.2) is 4.98 Å². The van der Waals surface area contributed by atoms with Crippen molar-refractivity contribution in [2.24, 2.45) is 0 Å². The van der Waals surface area contributed by atoms with Gasteiger partial charge in [-0.3, -0.25) is 0 Å². The van der Waals surface area contributed by atoms with Gasteiger partial charge in [-0.05, 0) is 30.7 Å². The number of nitrogen functional groups attached to an aromatic ring is 1. The van der Waals surface area contributed by atoms with Crippen molar-refractivity contribution in [3.05, 3.63) is 53.2 Å². The lowest BCUT2D eigenvalue weighted by Crippen LogP contribution is -1.95. The lowest BCUT2D eigenvalue weighted by Gasteiger charge is -2.11. The van der Waals surface area contributed by atoms with Gasteiger partial charge in [-0.25, -0.2) is 4.98 Å². The molecule has 0 fully saturated rings. The summed E-state index contributed by atoms with van der Waals surface area (Å²) in [5.74, 6) is 0. The number of nitrogens with zero attached hydrogens (tertiary/aromatic N) is 1. The summed E-state index contributed by atoms with van der Waals surface area (Å²) in [6.07, 6.45) is 0. The summed E-state index contributed by atoms with van der Waals surface area (Å²) in [6.45, 7) is 2.04. The molecule has 3 aromatic rings. The molecule has 3 rings (SSSR count). The first kappa shape index (κ1) is 13.3. The van der Waals surface area contributed by atoms with Crippen LogP contribution < -0.4 is 5.73 Å². The number of benzene rings is 2. The highest BCUT2D eigenvalue weighted by Gasteiger charge is 2.11. The number of hydrogen-bond donors (Lipinski definition) is 2. The van der Waals surface area contributed by atoms with Gasteiger partial charge in [0.15, 0.2) is 0 Å². The van der Waals surface area contributed by atoms with Crippen LogP contribution in [0.4, 0.5) is 5.69 Å². The fourth-order valence-electron chi connectivity index (χ4n) is 2.29. The number of aromatic nitrogens is 1. The second-order valence-corrected chi connectivity index (χ2v) is 5.62. The van der Waals surface area contributed by atoms with Gasteiger partial charge in [0.2, 0.25) is 0 Å². The molecule has 4 heteroatoms. The molecule has 0 aliphatic carbocycles. The van der Waals surface area contributed by atoms with Crippen LogP contribution >= 0.6 is 24.2 Å². The van der Waals surface area contributed by atoms with E-state index in [-0.39, 0.29) is 0 Å². The normalized spacial score (nSPS) is 10.9. The minimum absolute atomic E-state index is 0.441. The van der Waals surface area contributed by atoms with Gasteiger partial charge < -0.3 is 5.73 Å². The molecule has 20 heavy (non-hydrogen) atoms. The lowest BCUT2D eigenvalue weighted by atomic mass is 9.99. The van der Waals surface area contributed by atoms with Gasteiger partial charge in [0.1, 0.15) is 5.15 Å². The molecule has 1 aromatic heterocycles. The molecule has 0 atom stereocenters. The van der Waals surface area contributed by atoms with Crippen LogP contribution in [0, 0.1) is 6.92 Å². The van der Waals surface area contributed by atoms with Crippen LogP contribution in [0.25, 0.3) is 22.0 Å². The fraction of sp³-hybridized carbons (Fsp3) is 0.0625. The summed E-state index contributed by atoms with van der Waals surface area (Å²) in [7, 11) is 0. The van der Waals surface area contributed by atoms with Gasteiger partial charge in [0.05, 0.1) is 11.2 Å². The molecule has 100 valence electrons. The predicted octanol–water partition coefficient (Wildman–Crippen LogP) is 4.73. The van der Waals surface area contributed by atoms with Gasteiger partial charge in [0.25, 0.3) is 0 Å². The number of rotatable bonds is 1. The number of hydrogen-bond acceptors (Lipinski definition) is 3. The monoisotopic (exact) mass is 300 g/mol. The molecule has 0 radical (unpaired) electrons. The maximum Gasteiger partial charge on any atom is 0.129 e. The Balaban J connectivity index is 2.32. The van der Waals surface area contributed by atoms with E-state index in [0.29, 0.717) is 10.8 Å². The Hall–Kier alpha value is -1.71. The number of halogens is 1. The van der Waals surface area contributed by atoms with E-state index in [9.17, 15) is 0 Å². The third kappa shape index (κ3) is 2.23. The topological polar surface area (TPSA) is 38.9 Å². The Morgan fingerprint density at radius 2 is 1.80 bits per heavy atom. The van der Waals surface area contributed by atoms with Crippen LogP contribution in [0.2, 0.25) is 5.15 Å². The van der Waals surface area contributed by atoms with Crippen LogP contribution in [0.3, 0.4) is 0 Å². The zero-order valence-electron chi connectivity index (χ0n) is 10.9. The van der Waals surface area contributed by atoms with Crippen molar-refractivity contribution < 1.29 is 0 Å². The second-order valence-electron chi connectivity index (χ2n) is 4.75. The first-order valence-corrected chi connectivity index (χ1v) is 7.03. The van der Waals surface area contributed by atoms with Crippen LogP contribution in [0.5, 0.6) is 0 Å². The van der Waals surface area contributed by atoms with Gasteiger partial charge in [-0.1, -0.05) is 41.4 Å². The van der Waals surface area contributed by atoms with E-state index in [1.807, 2.05) is 37.3 Å². The number of nitrogens with two attached hydrogens (primary N) is 1. The van der Waals surface area contributed by atoms with Crippen molar-refractivity contribution >= 4 is 40.8 Å². The summed E-state index contributed by atoms with van der Waals surface area (Å²) in [5.41, 5.74) is 10.7. The number of pyridine rings is 1. The smallest absolute Gasteiger partial charge is 0.129 e. The Labute approximate surface area is 128 Å². The van der Waals surface area contributed by atoms with Crippen LogP contribution in [0.15, 0.2) is 47.4 Å². The molecular formula is C16H13ClN2S. The van der Waals surface area contributed by atoms with E-state index in [1.165, 1.54) is 0 Å². The maximum absolute atomic E-state index is 6.28. The quantitative estimate of drug-likeness (QED) is 0.387. The third-order valence-corrected chi connectivity index (χ3v) is 3.91. The first-order chi connectivity index (χ1) is 9.56. The van der Waals surface area contributed by atoms with Crippen molar-refractivity contribution in [3.8, 4) is 11.1 Å². The second kappa shape index (κ2) is 5.00. The number of anilines is 1. The minimum Gasteiger partial charge on any atom is -0.396 e. The zero-order valence-corrected chi connectivity index (χ0v) is 12.5. The van der Waals surface area contributed by atoms with Crippen LogP contribution in [-0.2, 0) is 0 Å². The molecule has 0 saturated carbocycles. The summed E-state index contributed by atoms with van der Waals surface area (Å²) >= 11 is 10.5. The third-order valence-electron chi connectivity index (χ3n) is 3.31. The number of fused-ring (bicyclic) bond motifs is 1. The van der Waals surface area contributed by atoms with Crippen molar-refractivity contribution in [3.63, 3.8) is 0 Å². The van der Waals surface area contributed by atoms with E-state index in [1.54, 1.807) is 6.07 Å². The lowest BCUT2D eigenvalue weighted by molar-refractivity contribution is 1.37. The standard InChI is InChI=1S/C16H13ClN2S/c1-9-2-6-13(20)12(8-9)11-5-3-10-4-7-14(17)19-16(10)15(11)18/h2-8,20H,18H2,1H3. The van der Waals surface area contributed by atoms with E-state index >= 15 is 0 Å². The zero-order chi connectivity index (χ0) is 14.3. The summed E-state index contributed by atoms with van der Waals surface area (Å²) < 4.78 is 0. The highest BCUT2D eigenvalue weighted by atomic mass is 35.5. The van der Waals surface area contributed by atoms with Crippen molar-refractivity contribution in [2.45, 2.75) is 11.8 Å². The predicted molar refractivity (Wildman–Crippen MR) is 88.6 cm³/mol. The highest BCUT2D eigenvalue weighted by molar-refractivity contribution is 7.80. The molecule has 2 nitrogen and oxygen atoms in total. The molecule has 0 aliphatic rings. The maximum atomic E-state index is 6.28. The molecule has 0 saturated heterocycles. The molecule has 0 spiro atoms. The Morgan fingerprint density at radius 3 is 2.60 bits per heavy atom. The van der Waals surface area contributed by atoms with E-state index in [4.69, 9.17) is 17.3 Å². The first-order valence-electron chi connectivity index (χ1n) is 6.21. The van der Waals surface area contributed by atoms with E-state index < -0.39 is 0 Å². The van der Waals surface area contributed by atoms with Gasteiger partial charge in [0, 0.05) is 15.8 Å². The molecule has 2 aromatic carbocycles.